The summed E-state index contributed by atoms with van der Waals surface area (Å²) >= 11 is 7.61. The molecule has 1 aromatic rings. The van der Waals surface area contributed by atoms with E-state index in [-0.39, 0.29) is 11.4 Å². The molecule has 1 unspecified atom stereocenters. The average molecular weight is 316 g/mol. The highest BCUT2D eigenvalue weighted by Gasteiger charge is 2.31. The highest BCUT2D eigenvalue weighted by molar-refractivity contribution is 9.10. The van der Waals surface area contributed by atoms with Crippen LogP contribution >= 0.6 is 28.6 Å². The molecule has 1 saturated heterocycles. The van der Waals surface area contributed by atoms with Gasteiger partial charge in [-0.1, -0.05) is 0 Å². The van der Waals surface area contributed by atoms with Crippen LogP contribution in [0.25, 0.3) is 0 Å². The largest absolute Gasteiger partial charge is 0.379 e. The van der Waals surface area contributed by atoms with Crippen molar-refractivity contribution in [2.75, 3.05) is 13.2 Å². The fourth-order valence-electron chi connectivity index (χ4n) is 1.79. The number of thiol groups is 1. The smallest absolute Gasteiger partial charge is 0.252 e. The predicted molar refractivity (Wildman–Crippen MR) is 72.7 cm³/mol. The fourth-order valence-corrected chi connectivity index (χ4v) is 2.42. The molecular weight excluding hydrogens is 302 g/mol. The van der Waals surface area contributed by atoms with Crippen molar-refractivity contribution in [1.82, 2.24) is 5.32 Å². The van der Waals surface area contributed by atoms with Crippen LogP contribution in [0.2, 0.25) is 0 Å². The van der Waals surface area contributed by atoms with Crippen LogP contribution in [0.3, 0.4) is 0 Å². The summed E-state index contributed by atoms with van der Waals surface area (Å²) in [5, 5.41) is 3.01. The van der Waals surface area contributed by atoms with Gasteiger partial charge in [0.25, 0.3) is 5.91 Å². The SMILES string of the molecule is CC1(NC(=O)c2cc(S)ccc2Br)CCOC1. The van der Waals surface area contributed by atoms with Crippen molar-refractivity contribution < 1.29 is 9.53 Å². The summed E-state index contributed by atoms with van der Waals surface area (Å²) < 4.78 is 6.08. The lowest BCUT2D eigenvalue weighted by Crippen LogP contribution is -2.46. The topological polar surface area (TPSA) is 38.3 Å². The molecule has 1 N–H and O–H groups in total. The lowest BCUT2D eigenvalue weighted by molar-refractivity contribution is 0.0889. The van der Waals surface area contributed by atoms with Crippen LogP contribution in [-0.4, -0.2) is 24.7 Å². The number of rotatable bonds is 2. The summed E-state index contributed by atoms with van der Waals surface area (Å²) in [7, 11) is 0. The summed E-state index contributed by atoms with van der Waals surface area (Å²) in [4.78, 5) is 12.9. The van der Waals surface area contributed by atoms with Gasteiger partial charge in [-0.05, 0) is 47.5 Å². The van der Waals surface area contributed by atoms with Crippen molar-refractivity contribution in [2.45, 2.75) is 23.8 Å². The molecule has 1 amide bonds. The molecule has 2 rings (SSSR count). The zero-order valence-electron chi connectivity index (χ0n) is 9.50. The highest BCUT2D eigenvalue weighted by atomic mass is 79.9. The second-order valence-corrected chi connectivity index (χ2v) is 5.85. The lowest BCUT2D eigenvalue weighted by atomic mass is 10.0. The molecule has 0 aromatic heterocycles. The molecular formula is C12H14BrNO2S. The van der Waals surface area contributed by atoms with E-state index in [4.69, 9.17) is 4.74 Å². The normalized spacial score (nSPS) is 23.7. The number of hydrogen-bond acceptors (Lipinski definition) is 3. The highest BCUT2D eigenvalue weighted by Crippen LogP contribution is 2.23. The molecule has 0 aliphatic carbocycles. The number of amides is 1. The Bertz CT molecular complexity index is 444. The van der Waals surface area contributed by atoms with E-state index in [0.29, 0.717) is 18.8 Å². The van der Waals surface area contributed by atoms with Gasteiger partial charge in [-0.15, -0.1) is 12.6 Å². The van der Waals surface area contributed by atoms with Crippen LogP contribution < -0.4 is 5.32 Å². The number of carbonyl (C=O) groups excluding carboxylic acids is 1. The van der Waals surface area contributed by atoms with Gasteiger partial charge < -0.3 is 10.1 Å². The van der Waals surface area contributed by atoms with Gasteiger partial charge in [0.2, 0.25) is 0 Å². The minimum absolute atomic E-state index is 0.0965. The number of nitrogens with one attached hydrogen (secondary N) is 1. The maximum absolute atomic E-state index is 12.1. The predicted octanol–water partition coefficient (Wildman–Crippen LogP) is 2.65. The minimum atomic E-state index is -0.261. The molecule has 3 nitrogen and oxygen atoms in total. The van der Waals surface area contributed by atoms with Crippen molar-refractivity contribution in [2.24, 2.45) is 0 Å². The number of ether oxygens (including phenoxy) is 1. The molecule has 0 spiro atoms. The Morgan fingerprint density at radius 3 is 3.00 bits per heavy atom. The van der Waals surface area contributed by atoms with Crippen LogP contribution in [0.1, 0.15) is 23.7 Å². The van der Waals surface area contributed by atoms with Gasteiger partial charge in [0.15, 0.2) is 0 Å². The summed E-state index contributed by atoms with van der Waals surface area (Å²) in [5.74, 6) is -0.0965. The Labute approximate surface area is 114 Å². The standard InChI is InChI=1S/C12H14BrNO2S/c1-12(4-5-16-7-12)14-11(15)9-6-8(17)2-3-10(9)13/h2-3,6,17H,4-5,7H2,1H3,(H,14,15). The van der Waals surface area contributed by atoms with Crippen LogP contribution in [0.15, 0.2) is 27.6 Å². The Morgan fingerprint density at radius 1 is 1.59 bits per heavy atom. The second-order valence-electron chi connectivity index (χ2n) is 4.48. The van der Waals surface area contributed by atoms with Gasteiger partial charge in [0, 0.05) is 16.0 Å². The van der Waals surface area contributed by atoms with Crippen molar-refractivity contribution in [3.63, 3.8) is 0 Å². The number of halogens is 1. The zero-order valence-corrected chi connectivity index (χ0v) is 12.0. The molecule has 1 aromatic carbocycles. The minimum Gasteiger partial charge on any atom is -0.379 e. The molecule has 0 radical (unpaired) electrons. The lowest BCUT2D eigenvalue weighted by Gasteiger charge is -2.23. The Kier molecular flexibility index (Phi) is 3.80. The molecule has 0 saturated carbocycles. The van der Waals surface area contributed by atoms with Gasteiger partial charge in [0.1, 0.15) is 0 Å². The van der Waals surface area contributed by atoms with Crippen LogP contribution in [0.4, 0.5) is 0 Å². The maximum Gasteiger partial charge on any atom is 0.252 e. The third-order valence-corrected chi connectivity index (χ3v) is 3.80. The maximum atomic E-state index is 12.1. The molecule has 5 heteroatoms. The van der Waals surface area contributed by atoms with E-state index >= 15 is 0 Å². The zero-order chi connectivity index (χ0) is 12.5. The van der Waals surface area contributed by atoms with Crippen LogP contribution in [0, 0.1) is 0 Å². The fraction of sp³-hybridized carbons (Fsp3) is 0.417. The first-order valence-electron chi connectivity index (χ1n) is 5.39. The number of carbonyl (C=O) groups is 1. The monoisotopic (exact) mass is 315 g/mol. The van der Waals surface area contributed by atoms with E-state index in [9.17, 15) is 4.79 Å². The first kappa shape index (κ1) is 12.9. The van der Waals surface area contributed by atoms with Crippen molar-refractivity contribution in [1.29, 1.82) is 0 Å². The first-order chi connectivity index (χ1) is 8.00. The summed E-state index contributed by atoms with van der Waals surface area (Å²) in [6.45, 7) is 3.26. The van der Waals surface area contributed by atoms with Gasteiger partial charge >= 0.3 is 0 Å². The molecule has 1 heterocycles. The van der Waals surface area contributed by atoms with E-state index in [1.807, 2.05) is 19.1 Å². The van der Waals surface area contributed by atoms with Gasteiger partial charge in [0.05, 0.1) is 17.7 Å². The summed E-state index contributed by atoms with van der Waals surface area (Å²) in [6.07, 6.45) is 0.844. The molecule has 0 bridgehead atoms. The van der Waals surface area contributed by atoms with E-state index in [0.717, 1.165) is 15.8 Å². The molecule has 17 heavy (non-hydrogen) atoms. The van der Waals surface area contributed by atoms with Crippen LogP contribution in [-0.2, 0) is 4.74 Å². The third kappa shape index (κ3) is 3.03. The number of hydrogen-bond donors (Lipinski definition) is 2. The molecule has 1 atom stereocenters. The quantitative estimate of drug-likeness (QED) is 0.823. The van der Waals surface area contributed by atoms with E-state index in [2.05, 4.69) is 33.9 Å². The summed E-state index contributed by atoms with van der Waals surface area (Å²) in [5.41, 5.74) is 0.342. The van der Waals surface area contributed by atoms with E-state index in [1.165, 1.54) is 0 Å². The summed E-state index contributed by atoms with van der Waals surface area (Å²) in [6, 6.07) is 5.41. The van der Waals surface area contributed by atoms with Crippen molar-refractivity contribution >= 4 is 34.5 Å². The van der Waals surface area contributed by atoms with Crippen molar-refractivity contribution in [3.8, 4) is 0 Å². The number of benzene rings is 1. The van der Waals surface area contributed by atoms with Crippen molar-refractivity contribution in [3.05, 3.63) is 28.2 Å². The average Bonchev–Trinajstić information content (AvgIpc) is 2.68. The van der Waals surface area contributed by atoms with Gasteiger partial charge in [-0.3, -0.25) is 4.79 Å². The van der Waals surface area contributed by atoms with E-state index in [1.54, 1.807) is 6.07 Å². The Balaban J connectivity index is 2.17. The third-order valence-electron chi connectivity index (χ3n) is 2.83. The van der Waals surface area contributed by atoms with Gasteiger partial charge in [-0.2, -0.15) is 0 Å². The Hall–Kier alpha value is -0.520. The molecule has 92 valence electrons. The van der Waals surface area contributed by atoms with Gasteiger partial charge in [-0.25, -0.2) is 0 Å². The molecule has 1 fully saturated rings. The molecule has 1 aliphatic heterocycles. The molecule has 1 aliphatic rings. The first-order valence-corrected chi connectivity index (χ1v) is 6.63. The Morgan fingerprint density at radius 2 is 2.35 bits per heavy atom. The van der Waals surface area contributed by atoms with E-state index < -0.39 is 0 Å². The second kappa shape index (κ2) is 5.00. The van der Waals surface area contributed by atoms with Crippen LogP contribution in [0.5, 0.6) is 0 Å².